The molecule has 2 N–H and O–H groups in total. The molecule has 3 rings (SSSR count). The average molecular weight is 379 g/mol. The molecule has 0 bridgehead atoms. The van der Waals surface area contributed by atoms with E-state index in [1.165, 1.54) is 17.6 Å². The number of ether oxygens (including phenoxy) is 1. The summed E-state index contributed by atoms with van der Waals surface area (Å²) in [6, 6.07) is 18.0. The molecule has 2 amide bonds. The van der Waals surface area contributed by atoms with Crippen molar-refractivity contribution in [3.8, 4) is 11.5 Å². The Morgan fingerprint density at radius 2 is 1.67 bits per heavy atom. The van der Waals surface area contributed by atoms with Gasteiger partial charge in [-0.25, -0.2) is 5.43 Å². The highest BCUT2D eigenvalue weighted by Crippen LogP contribution is 2.22. The molecule has 3 aromatic rings. The average Bonchev–Trinajstić information content (AvgIpc) is 3.09. The fourth-order valence-corrected chi connectivity index (χ4v) is 2.92. The summed E-state index contributed by atoms with van der Waals surface area (Å²) in [5.41, 5.74) is 3.75. The van der Waals surface area contributed by atoms with Gasteiger partial charge in [-0.1, -0.05) is 18.2 Å². The third-order valence-electron chi connectivity index (χ3n) is 3.55. The van der Waals surface area contributed by atoms with Crippen LogP contribution in [0.1, 0.15) is 10.4 Å². The predicted octanol–water partition coefficient (Wildman–Crippen LogP) is 3.94. The number of para-hydroxylation sites is 1. The molecule has 0 saturated heterocycles. The molecule has 0 aliphatic rings. The number of nitrogens with one attached hydrogen (secondary N) is 2. The Hall–Kier alpha value is -3.45. The molecule has 0 aliphatic carbocycles. The molecule has 0 unspecified atom stereocenters. The van der Waals surface area contributed by atoms with Crippen molar-refractivity contribution in [2.24, 2.45) is 5.10 Å². The Kier molecular flexibility index (Phi) is 5.96. The highest BCUT2D eigenvalue weighted by Gasteiger charge is 2.13. The maximum absolute atomic E-state index is 11.9. The lowest BCUT2D eigenvalue weighted by Crippen LogP contribution is -2.32. The van der Waals surface area contributed by atoms with Gasteiger partial charge in [0.25, 0.3) is 0 Å². The number of carbonyl (C=O) groups excluding carboxylic acids is 2. The maximum atomic E-state index is 11.9. The van der Waals surface area contributed by atoms with Crippen LogP contribution in [0.5, 0.6) is 11.5 Å². The van der Waals surface area contributed by atoms with E-state index in [0.717, 1.165) is 10.4 Å². The number of rotatable bonds is 5. The van der Waals surface area contributed by atoms with Crippen LogP contribution in [0.2, 0.25) is 0 Å². The van der Waals surface area contributed by atoms with Crippen molar-refractivity contribution in [1.29, 1.82) is 0 Å². The number of hydrogen-bond donors (Lipinski definition) is 2. The van der Waals surface area contributed by atoms with Crippen molar-refractivity contribution >= 4 is 35.1 Å². The van der Waals surface area contributed by atoms with E-state index in [-0.39, 0.29) is 0 Å². The lowest BCUT2D eigenvalue weighted by atomic mass is 10.3. The van der Waals surface area contributed by atoms with Crippen molar-refractivity contribution in [2.45, 2.75) is 6.92 Å². The van der Waals surface area contributed by atoms with E-state index in [1.54, 1.807) is 24.3 Å². The van der Waals surface area contributed by atoms with Gasteiger partial charge in [0, 0.05) is 10.6 Å². The summed E-state index contributed by atoms with van der Waals surface area (Å²) in [6.45, 7) is 1.94. The molecular formula is C20H17N3O3S. The highest BCUT2D eigenvalue weighted by molar-refractivity contribution is 7.11. The number of hydrazone groups is 1. The first kappa shape index (κ1) is 18.3. The van der Waals surface area contributed by atoms with Crippen LogP contribution in [0, 0.1) is 6.92 Å². The molecule has 27 heavy (non-hydrogen) atoms. The van der Waals surface area contributed by atoms with Crippen molar-refractivity contribution in [1.82, 2.24) is 5.43 Å². The van der Waals surface area contributed by atoms with E-state index in [4.69, 9.17) is 4.74 Å². The molecule has 1 aromatic heterocycles. The van der Waals surface area contributed by atoms with Gasteiger partial charge in [-0.2, -0.15) is 5.10 Å². The number of carbonyl (C=O) groups is 2. The molecule has 1 heterocycles. The topological polar surface area (TPSA) is 79.8 Å². The summed E-state index contributed by atoms with van der Waals surface area (Å²) in [5, 5.41) is 8.24. The largest absolute Gasteiger partial charge is 0.457 e. The van der Waals surface area contributed by atoms with Gasteiger partial charge >= 0.3 is 11.8 Å². The quantitative estimate of drug-likeness (QED) is 0.400. The maximum Gasteiger partial charge on any atom is 0.329 e. The molecule has 7 heteroatoms. The number of benzene rings is 2. The molecule has 0 fully saturated rings. The van der Waals surface area contributed by atoms with Gasteiger partial charge in [0.2, 0.25) is 0 Å². The van der Waals surface area contributed by atoms with Gasteiger partial charge in [-0.05, 0) is 60.3 Å². The number of anilines is 1. The second kappa shape index (κ2) is 8.77. The van der Waals surface area contributed by atoms with E-state index in [2.05, 4.69) is 15.8 Å². The minimum absolute atomic E-state index is 0.480. The fourth-order valence-electron chi connectivity index (χ4n) is 2.14. The molecule has 0 atom stereocenters. The molecule has 0 aliphatic heterocycles. The fraction of sp³-hybridized carbons (Fsp3) is 0.0500. The monoisotopic (exact) mass is 379 g/mol. The minimum Gasteiger partial charge on any atom is -0.457 e. The van der Waals surface area contributed by atoms with Crippen LogP contribution in [0.25, 0.3) is 0 Å². The molecule has 0 saturated carbocycles. The van der Waals surface area contributed by atoms with Gasteiger partial charge in [-0.3, -0.25) is 9.59 Å². The van der Waals surface area contributed by atoms with Crippen LogP contribution in [-0.2, 0) is 9.59 Å². The number of thiophene rings is 1. The van der Waals surface area contributed by atoms with E-state index < -0.39 is 11.8 Å². The summed E-state index contributed by atoms with van der Waals surface area (Å²) < 4.78 is 5.67. The van der Waals surface area contributed by atoms with E-state index in [1.807, 2.05) is 48.7 Å². The van der Waals surface area contributed by atoms with Crippen LogP contribution in [-0.4, -0.2) is 18.0 Å². The normalized spacial score (nSPS) is 10.6. The first-order chi connectivity index (χ1) is 13.1. The van der Waals surface area contributed by atoms with Crippen molar-refractivity contribution in [3.05, 3.63) is 76.5 Å². The Morgan fingerprint density at radius 1 is 0.963 bits per heavy atom. The van der Waals surface area contributed by atoms with Gasteiger partial charge < -0.3 is 10.1 Å². The summed E-state index contributed by atoms with van der Waals surface area (Å²) in [5.74, 6) is -0.302. The van der Waals surface area contributed by atoms with Crippen LogP contribution in [0.3, 0.4) is 0 Å². The second-order valence-electron chi connectivity index (χ2n) is 5.56. The van der Waals surface area contributed by atoms with Crippen LogP contribution in [0.4, 0.5) is 5.69 Å². The van der Waals surface area contributed by atoms with Crippen LogP contribution < -0.4 is 15.5 Å². The summed E-state index contributed by atoms with van der Waals surface area (Å²) >= 11 is 1.50. The molecular weight excluding hydrogens is 362 g/mol. The van der Waals surface area contributed by atoms with E-state index >= 15 is 0 Å². The Morgan fingerprint density at radius 3 is 2.33 bits per heavy atom. The lowest BCUT2D eigenvalue weighted by Gasteiger charge is -2.07. The van der Waals surface area contributed by atoms with Gasteiger partial charge in [0.05, 0.1) is 6.21 Å². The standard InChI is InChI=1S/C20H17N3O3S/c1-14-11-12-27-18(14)13-21-23-20(25)19(24)22-15-7-9-17(10-8-15)26-16-5-3-2-4-6-16/h2-13H,1H3,(H,22,24)(H,23,25)/b21-13-. The smallest absolute Gasteiger partial charge is 0.329 e. The lowest BCUT2D eigenvalue weighted by molar-refractivity contribution is -0.136. The summed E-state index contributed by atoms with van der Waals surface area (Å²) in [6.07, 6.45) is 1.51. The minimum atomic E-state index is -0.843. The summed E-state index contributed by atoms with van der Waals surface area (Å²) in [4.78, 5) is 24.7. The molecule has 2 aromatic carbocycles. The second-order valence-corrected chi connectivity index (χ2v) is 6.51. The van der Waals surface area contributed by atoms with Crippen LogP contribution in [0.15, 0.2) is 71.1 Å². The Labute approximate surface area is 160 Å². The SMILES string of the molecule is Cc1ccsc1/C=N\NC(=O)C(=O)Nc1ccc(Oc2ccccc2)cc1. The summed E-state index contributed by atoms with van der Waals surface area (Å²) in [7, 11) is 0. The molecule has 0 spiro atoms. The Bertz CT molecular complexity index is 950. The highest BCUT2D eigenvalue weighted by atomic mass is 32.1. The zero-order valence-corrected chi connectivity index (χ0v) is 15.3. The van der Waals surface area contributed by atoms with Crippen molar-refractivity contribution in [2.75, 3.05) is 5.32 Å². The Balaban J connectivity index is 1.52. The third-order valence-corrected chi connectivity index (χ3v) is 4.50. The first-order valence-electron chi connectivity index (χ1n) is 8.13. The first-order valence-corrected chi connectivity index (χ1v) is 9.01. The zero-order valence-electron chi connectivity index (χ0n) is 14.5. The third kappa shape index (κ3) is 5.26. The van der Waals surface area contributed by atoms with Gasteiger partial charge in [0.1, 0.15) is 11.5 Å². The van der Waals surface area contributed by atoms with E-state index in [9.17, 15) is 9.59 Å². The molecule has 0 radical (unpaired) electrons. The number of hydrogen-bond acceptors (Lipinski definition) is 5. The number of nitrogens with zero attached hydrogens (tertiary/aromatic N) is 1. The predicted molar refractivity (Wildman–Crippen MR) is 106 cm³/mol. The van der Waals surface area contributed by atoms with Crippen molar-refractivity contribution < 1.29 is 14.3 Å². The number of aryl methyl sites for hydroxylation is 1. The van der Waals surface area contributed by atoms with Crippen molar-refractivity contribution in [3.63, 3.8) is 0 Å². The van der Waals surface area contributed by atoms with Gasteiger partial charge in [-0.15, -0.1) is 11.3 Å². The van der Waals surface area contributed by atoms with E-state index in [0.29, 0.717) is 17.2 Å². The molecule has 6 nitrogen and oxygen atoms in total. The van der Waals surface area contributed by atoms with Gasteiger partial charge in [0.15, 0.2) is 0 Å². The van der Waals surface area contributed by atoms with Crippen LogP contribution >= 0.6 is 11.3 Å². The zero-order chi connectivity index (χ0) is 19.1. The number of amides is 2. The molecule has 136 valence electrons.